The summed E-state index contributed by atoms with van der Waals surface area (Å²) in [7, 11) is 0. The monoisotopic (exact) mass is 364 g/mol. The number of hydrogen-bond acceptors (Lipinski definition) is 4. The second-order valence-electron chi connectivity index (χ2n) is 5.54. The molecule has 0 aliphatic carbocycles. The lowest BCUT2D eigenvalue weighted by molar-refractivity contribution is -0.121. The number of hydrogen-bond donors (Lipinski definition) is 1. The number of carbonyl (C=O) groups excluding carboxylic acids is 2. The first-order chi connectivity index (χ1) is 11.5. The Bertz CT molecular complexity index is 762. The zero-order valence-corrected chi connectivity index (χ0v) is 14.7. The van der Waals surface area contributed by atoms with Crippen LogP contribution < -0.4 is 4.90 Å². The number of para-hydroxylation sites is 1. The van der Waals surface area contributed by atoms with Crippen molar-refractivity contribution in [2.45, 2.75) is 23.5 Å². The fourth-order valence-corrected chi connectivity index (χ4v) is 3.79. The van der Waals surface area contributed by atoms with Crippen LogP contribution in [0.4, 0.5) is 5.69 Å². The number of rotatable bonds is 3. The van der Waals surface area contributed by atoms with Crippen molar-refractivity contribution >= 4 is 40.9 Å². The first-order valence-electron chi connectivity index (χ1n) is 7.61. The minimum Gasteiger partial charge on any atom is -0.451 e. The molecule has 0 unspecified atom stereocenters. The van der Waals surface area contributed by atoms with E-state index in [1.165, 1.54) is 12.3 Å². The molecule has 1 aromatic carbocycles. The number of H-pyrrole nitrogens is 1. The van der Waals surface area contributed by atoms with Gasteiger partial charge in [0.1, 0.15) is 5.69 Å². The molecule has 0 spiro atoms. The Kier molecular flexibility index (Phi) is 5.16. The van der Waals surface area contributed by atoms with E-state index in [0.717, 1.165) is 17.0 Å². The van der Waals surface area contributed by atoms with Gasteiger partial charge in [0.05, 0.1) is 10.7 Å². The first-order valence-corrected chi connectivity index (χ1v) is 8.87. The van der Waals surface area contributed by atoms with Gasteiger partial charge in [0, 0.05) is 22.9 Å². The second-order valence-corrected chi connectivity index (χ2v) is 7.45. The van der Waals surface area contributed by atoms with Crippen molar-refractivity contribution in [3.8, 4) is 0 Å². The van der Waals surface area contributed by atoms with Crippen LogP contribution in [-0.2, 0) is 9.53 Å². The van der Waals surface area contributed by atoms with Gasteiger partial charge < -0.3 is 14.6 Å². The fourth-order valence-electron chi connectivity index (χ4n) is 2.51. The number of nitrogens with one attached hydrogen (secondary N) is 1. The van der Waals surface area contributed by atoms with E-state index in [1.54, 1.807) is 16.7 Å². The minimum atomic E-state index is -0.596. The normalized spacial score (nSPS) is 17.1. The van der Waals surface area contributed by atoms with Crippen LogP contribution in [0.5, 0.6) is 0 Å². The molecule has 0 saturated heterocycles. The molecule has 24 heavy (non-hydrogen) atoms. The van der Waals surface area contributed by atoms with E-state index in [4.69, 9.17) is 16.3 Å². The number of anilines is 1. The van der Waals surface area contributed by atoms with Crippen molar-refractivity contribution < 1.29 is 14.3 Å². The Labute approximate surface area is 149 Å². The molecule has 1 N–H and O–H groups in total. The summed E-state index contributed by atoms with van der Waals surface area (Å²) < 4.78 is 5.11. The molecule has 0 saturated carbocycles. The number of fused-ring (bicyclic) bond motifs is 1. The minimum absolute atomic E-state index is 0.230. The van der Waals surface area contributed by atoms with Crippen LogP contribution in [0.25, 0.3) is 0 Å². The summed E-state index contributed by atoms with van der Waals surface area (Å²) in [4.78, 5) is 30.0. The van der Waals surface area contributed by atoms with Gasteiger partial charge in [-0.05, 0) is 24.6 Å². The van der Waals surface area contributed by atoms with Crippen molar-refractivity contribution in [1.29, 1.82) is 0 Å². The van der Waals surface area contributed by atoms with Crippen molar-refractivity contribution in [3.05, 3.63) is 47.2 Å². The van der Waals surface area contributed by atoms with Crippen LogP contribution in [-0.4, -0.2) is 35.3 Å². The molecular formula is C17H17ClN2O3S. The highest BCUT2D eigenvalue weighted by Gasteiger charge is 2.25. The number of carbonyl (C=O) groups is 2. The molecule has 1 atom stereocenters. The number of thioether (sulfide) groups is 1. The zero-order valence-electron chi connectivity index (χ0n) is 13.1. The molecule has 0 radical (unpaired) electrons. The van der Waals surface area contributed by atoms with E-state index in [0.29, 0.717) is 16.8 Å². The van der Waals surface area contributed by atoms with Gasteiger partial charge in [-0.15, -0.1) is 11.8 Å². The summed E-state index contributed by atoms with van der Waals surface area (Å²) in [5, 5.41) is 0.841. The Morgan fingerprint density at radius 3 is 2.96 bits per heavy atom. The van der Waals surface area contributed by atoms with Crippen LogP contribution in [0.1, 0.15) is 23.8 Å². The molecule has 0 fully saturated rings. The molecule has 1 amide bonds. The number of amides is 1. The van der Waals surface area contributed by atoms with Crippen LogP contribution in [0, 0.1) is 0 Å². The highest BCUT2D eigenvalue weighted by atomic mass is 35.5. The topological polar surface area (TPSA) is 62.4 Å². The Hall–Kier alpha value is -1.92. The Morgan fingerprint density at radius 1 is 1.42 bits per heavy atom. The smallest absolute Gasteiger partial charge is 0.355 e. The summed E-state index contributed by atoms with van der Waals surface area (Å²) in [6.45, 7) is 2.45. The highest BCUT2D eigenvalue weighted by Crippen LogP contribution is 2.37. The predicted molar refractivity (Wildman–Crippen MR) is 94.8 cm³/mol. The van der Waals surface area contributed by atoms with Gasteiger partial charge in [-0.25, -0.2) is 4.79 Å². The number of benzene rings is 1. The SMILES string of the molecule is C[C@H]1CCN(C(=O)COC(=O)c2cc(Cl)c[nH]2)c2ccccc2S1. The second kappa shape index (κ2) is 7.32. The van der Waals surface area contributed by atoms with Crippen LogP contribution in [0.2, 0.25) is 5.02 Å². The molecule has 1 aliphatic rings. The molecular weight excluding hydrogens is 348 g/mol. The fraction of sp³-hybridized carbons (Fsp3) is 0.294. The van der Waals surface area contributed by atoms with Crippen LogP contribution in [0.15, 0.2) is 41.4 Å². The van der Waals surface area contributed by atoms with E-state index in [2.05, 4.69) is 11.9 Å². The average molecular weight is 365 g/mol. The lowest BCUT2D eigenvalue weighted by atomic mass is 10.2. The van der Waals surface area contributed by atoms with E-state index in [-0.39, 0.29) is 18.2 Å². The summed E-state index contributed by atoms with van der Waals surface area (Å²) in [5.74, 6) is -0.829. The number of ether oxygens (including phenoxy) is 1. The van der Waals surface area contributed by atoms with E-state index < -0.39 is 5.97 Å². The number of aromatic nitrogens is 1. The molecule has 0 bridgehead atoms. The molecule has 1 aromatic heterocycles. The largest absolute Gasteiger partial charge is 0.451 e. The number of halogens is 1. The molecule has 1 aliphatic heterocycles. The quantitative estimate of drug-likeness (QED) is 0.843. The first kappa shape index (κ1) is 16.9. The van der Waals surface area contributed by atoms with Gasteiger partial charge in [0.25, 0.3) is 5.91 Å². The zero-order chi connectivity index (χ0) is 17.1. The molecule has 7 heteroatoms. The number of esters is 1. The maximum atomic E-state index is 12.6. The van der Waals surface area contributed by atoms with Gasteiger partial charge in [0.2, 0.25) is 0 Å². The lowest BCUT2D eigenvalue weighted by Crippen LogP contribution is -2.35. The summed E-state index contributed by atoms with van der Waals surface area (Å²) >= 11 is 7.52. The van der Waals surface area contributed by atoms with Crippen LogP contribution in [0.3, 0.4) is 0 Å². The van der Waals surface area contributed by atoms with Gasteiger partial charge in [0.15, 0.2) is 6.61 Å². The van der Waals surface area contributed by atoms with Gasteiger partial charge in [-0.2, -0.15) is 0 Å². The van der Waals surface area contributed by atoms with Gasteiger partial charge >= 0.3 is 5.97 Å². The molecule has 126 valence electrons. The number of nitrogens with zero attached hydrogens (tertiary/aromatic N) is 1. The molecule has 2 heterocycles. The Balaban J connectivity index is 1.69. The third-order valence-corrected chi connectivity index (χ3v) is 5.19. The van der Waals surface area contributed by atoms with Crippen LogP contribution >= 0.6 is 23.4 Å². The molecule has 3 rings (SSSR count). The lowest BCUT2D eigenvalue weighted by Gasteiger charge is -2.22. The predicted octanol–water partition coefficient (Wildman–Crippen LogP) is 3.74. The molecule has 5 nitrogen and oxygen atoms in total. The van der Waals surface area contributed by atoms with E-state index >= 15 is 0 Å². The third-order valence-electron chi connectivity index (χ3n) is 3.74. The van der Waals surface area contributed by atoms with Crippen molar-refractivity contribution in [1.82, 2.24) is 4.98 Å². The van der Waals surface area contributed by atoms with Gasteiger partial charge in [-0.3, -0.25) is 4.79 Å². The van der Waals surface area contributed by atoms with Crippen molar-refractivity contribution in [2.24, 2.45) is 0 Å². The maximum Gasteiger partial charge on any atom is 0.355 e. The van der Waals surface area contributed by atoms with Gasteiger partial charge in [-0.1, -0.05) is 30.7 Å². The summed E-state index contributed by atoms with van der Waals surface area (Å²) in [6.07, 6.45) is 2.37. The van der Waals surface area contributed by atoms with E-state index in [1.807, 2.05) is 24.3 Å². The summed E-state index contributed by atoms with van der Waals surface area (Å²) in [5.41, 5.74) is 1.10. The molecule has 2 aromatic rings. The van der Waals surface area contributed by atoms with E-state index in [9.17, 15) is 9.59 Å². The van der Waals surface area contributed by atoms with Crippen molar-refractivity contribution in [3.63, 3.8) is 0 Å². The maximum absolute atomic E-state index is 12.6. The summed E-state index contributed by atoms with van der Waals surface area (Å²) in [6, 6.07) is 9.26. The number of aromatic amines is 1. The Morgan fingerprint density at radius 2 is 2.21 bits per heavy atom. The third kappa shape index (κ3) is 3.76. The average Bonchev–Trinajstić information content (AvgIpc) is 2.92. The standard InChI is InChI=1S/C17H17ClN2O3S/c1-11-6-7-20(14-4-2-3-5-15(14)24-11)16(21)10-23-17(22)13-8-12(18)9-19-13/h2-5,8-9,11,19H,6-7,10H2,1H3/t11-/m0/s1. The van der Waals surface area contributed by atoms with Crippen molar-refractivity contribution in [2.75, 3.05) is 18.1 Å². The highest BCUT2D eigenvalue weighted by molar-refractivity contribution is 8.00.